The number of hydrogen-bond donors (Lipinski definition) is 0. The van der Waals surface area contributed by atoms with Crippen molar-refractivity contribution < 1.29 is 0 Å². The van der Waals surface area contributed by atoms with Crippen molar-refractivity contribution in [1.82, 2.24) is 0 Å². The van der Waals surface area contributed by atoms with E-state index in [0.717, 1.165) is 0 Å². The van der Waals surface area contributed by atoms with Crippen LogP contribution in [0.4, 0.5) is 0 Å². The van der Waals surface area contributed by atoms with E-state index in [1.807, 2.05) is 0 Å². The summed E-state index contributed by atoms with van der Waals surface area (Å²) >= 11 is -0.543. The first-order valence-corrected chi connectivity index (χ1v) is 10.1. The van der Waals surface area contributed by atoms with Crippen LogP contribution in [0, 0.1) is 0 Å². The van der Waals surface area contributed by atoms with Crippen LogP contribution in [-0.4, -0.2) is 30.7 Å². The number of hydrogen-bond acceptors (Lipinski definition) is 0. The maximum Gasteiger partial charge on any atom is -0.0125 e. The van der Waals surface area contributed by atoms with E-state index in [9.17, 15) is 0 Å². The van der Waals surface area contributed by atoms with Gasteiger partial charge in [-0.1, -0.05) is 0 Å². The maximum atomic E-state index is 2.36. The summed E-state index contributed by atoms with van der Waals surface area (Å²) in [5.41, 5.74) is 0. The molecule has 0 aromatic heterocycles. The second kappa shape index (κ2) is 5.02. The fourth-order valence-corrected chi connectivity index (χ4v) is 0. The van der Waals surface area contributed by atoms with E-state index in [-0.39, 0.29) is 11.0 Å². The van der Waals surface area contributed by atoms with E-state index in [2.05, 4.69) is 14.8 Å². The van der Waals surface area contributed by atoms with Crippen molar-refractivity contribution in [3.8, 4) is 0 Å². The topological polar surface area (TPSA) is 0 Å². The Morgan fingerprint density at radius 3 is 1.00 bits per heavy atom. The first-order valence-electron chi connectivity index (χ1n) is 1.50. The largest absolute Gasteiger partial charge is 0.0125 e. The molecule has 0 aromatic carbocycles. The molecule has 0 aromatic rings. The number of rotatable bonds is 0. The van der Waals surface area contributed by atoms with Gasteiger partial charge in [0.2, 0.25) is 0 Å². The Morgan fingerprint density at radius 2 is 1.00 bits per heavy atom. The molecule has 0 aliphatic rings. The van der Waals surface area contributed by atoms with Gasteiger partial charge in [-0.3, -0.25) is 0 Å². The van der Waals surface area contributed by atoms with Gasteiger partial charge in [0.15, 0.2) is 0 Å². The predicted molar refractivity (Wildman–Crippen MR) is 33.3 cm³/mol. The molecule has 0 saturated heterocycles. The minimum atomic E-state index is -0.543. The van der Waals surface area contributed by atoms with Crippen LogP contribution in [-0.2, 0) is 0 Å². The van der Waals surface area contributed by atoms with E-state index in [0.29, 0.717) is 0 Å². The Kier molecular flexibility index (Phi) is 9.41. The summed E-state index contributed by atoms with van der Waals surface area (Å²) in [6, 6.07) is 0. The third-order valence-corrected chi connectivity index (χ3v) is 0. The summed E-state index contributed by atoms with van der Waals surface area (Å²) in [5, 5.41) is 0. The van der Waals surface area contributed by atoms with Crippen LogP contribution >= 0.6 is 0 Å². The van der Waals surface area contributed by atoms with E-state index < -0.39 is 19.8 Å². The van der Waals surface area contributed by atoms with Gasteiger partial charge in [0.1, 0.15) is 0 Å². The standard InChI is InChI=1S/3CH3.H3Si.Sn/h4*1H3;. The van der Waals surface area contributed by atoms with Crippen molar-refractivity contribution >= 4 is 30.7 Å². The van der Waals surface area contributed by atoms with Gasteiger partial charge >= 0.3 is 34.6 Å². The molecule has 0 nitrogen and oxygen atoms in total. The molecule has 0 N–H and O–H groups in total. The van der Waals surface area contributed by atoms with Crippen LogP contribution in [0.25, 0.3) is 0 Å². The zero-order valence-electron chi connectivity index (χ0n) is 4.50. The van der Waals surface area contributed by atoms with Crippen LogP contribution < -0.4 is 0 Å². The first-order chi connectivity index (χ1) is 1.73. The molecule has 5 heavy (non-hydrogen) atoms. The molecule has 0 fully saturated rings. The molecule has 0 unspecified atom stereocenters. The van der Waals surface area contributed by atoms with Gasteiger partial charge in [0.25, 0.3) is 0 Å². The van der Waals surface area contributed by atoms with E-state index in [4.69, 9.17) is 0 Å². The molecular weight excluding hydrogens is 183 g/mol. The van der Waals surface area contributed by atoms with Crippen molar-refractivity contribution in [3.63, 3.8) is 0 Å². The minimum absolute atomic E-state index is 0. The van der Waals surface area contributed by atoms with Gasteiger partial charge in [0.05, 0.1) is 0 Å². The van der Waals surface area contributed by atoms with Crippen molar-refractivity contribution in [1.29, 1.82) is 0 Å². The smallest absolute Gasteiger partial charge is 0.0125 e. The minimum Gasteiger partial charge on any atom is -0.0125 e. The molecule has 0 heterocycles. The van der Waals surface area contributed by atoms with Crippen LogP contribution in [0.5, 0.6) is 0 Å². The summed E-state index contributed by atoms with van der Waals surface area (Å²) in [6.07, 6.45) is 0. The quantitative estimate of drug-likeness (QED) is 0.484. The van der Waals surface area contributed by atoms with Gasteiger partial charge in [-0.2, -0.15) is 0 Å². The molecule has 0 aliphatic heterocycles. The molecule has 0 spiro atoms. The maximum absolute atomic E-state index is 2.36. The van der Waals surface area contributed by atoms with Crippen molar-refractivity contribution in [2.24, 2.45) is 0 Å². The molecule has 0 rings (SSSR count). The summed E-state index contributed by atoms with van der Waals surface area (Å²) in [6.45, 7) is 0. The van der Waals surface area contributed by atoms with Gasteiger partial charge in [0, 0.05) is 0 Å². The summed E-state index contributed by atoms with van der Waals surface area (Å²) in [5.74, 6) is 0. The van der Waals surface area contributed by atoms with Crippen LogP contribution in [0.15, 0.2) is 0 Å². The molecular formula is C3H12SiSn. The summed E-state index contributed by atoms with van der Waals surface area (Å²) in [4.78, 5) is 7.09. The third-order valence-electron chi connectivity index (χ3n) is 0. The molecule has 32 valence electrons. The Bertz CT molecular complexity index is 11.6. The molecule has 0 atom stereocenters. The molecule has 0 aliphatic carbocycles. The molecule has 2 radical (unpaired) electrons. The Morgan fingerprint density at radius 1 is 1.00 bits per heavy atom. The van der Waals surface area contributed by atoms with E-state index in [1.165, 1.54) is 0 Å². The average Bonchev–Trinajstić information content (AvgIpc) is 0.811. The molecule has 0 bridgehead atoms. The predicted octanol–water partition coefficient (Wildman–Crippen LogP) is 0.187. The average molecular weight is 195 g/mol. The summed E-state index contributed by atoms with van der Waals surface area (Å²) in [7, 11) is 0. The second-order valence-corrected chi connectivity index (χ2v) is 10.1. The zero-order valence-corrected chi connectivity index (χ0v) is 9.35. The van der Waals surface area contributed by atoms with Crippen molar-refractivity contribution in [2.75, 3.05) is 0 Å². The van der Waals surface area contributed by atoms with E-state index in [1.54, 1.807) is 0 Å². The third kappa shape index (κ3) is 44.2. The fourth-order valence-electron chi connectivity index (χ4n) is 0. The second-order valence-electron chi connectivity index (χ2n) is 1.50. The van der Waals surface area contributed by atoms with Gasteiger partial charge in [-0.15, -0.1) is 0 Å². The van der Waals surface area contributed by atoms with Gasteiger partial charge in [-0.25, -0.2) is 0 Å². The van der Waals surface area contributed by atoms with Gasteiger partial charge < -0.3 is 0 Å². The zero-order chi connectivity index (χ0) is 3.58. The van der Waals surface area contributed by atoms with E-state index >= 15 is 0 Å². The monoisotopic (exact) mass is 196 g/mol. The van der Waals surface area contributed by atoms with Crippen molar-refractivity contribution in [3.05, 3.63) is 0 Å². The Balaban J connectivity index is 0. The van der Waals surface area contributed by atoms with Crippen LogP contribution in [0.1, 0.15) is 0 Å². The van der Waals surface area contributed by atoms with Crippen LogP contribution in [0.2, 0.25) is 14.8 Å². The molecule has 0 amide bonds. The van der Waals surface area contributed by atoms with Crippen molar-refractivity contribution in [2.45, 2.75) is 14.8 Å². The molecule has 0 saturated carbocycles. The Hall–Kier alpha value is 1.02. The summed E-state index contributed by atoms with van der Waals surface area (Å²) < 4.78 is 0. The molecule has 2 heteroatoms. The Labute approximate surface area is 45.7 Å². The van der Waals surface area contributed by atoms with Crippen LogP contribution in [0.3, 0.4) is 0 Å². The SMILES string of the molecule is [CH3][Sn]([CH3])[CH3].[SiH3]. The first kappa shape index (κ1) is 9.38. The normalized spacial score (nSPS) is 7.20. The fraction of sp³-hybridized carbons (Fsp3) is 1.00. The van der Waals surface area contributed by atoms with Gasteiger partial charge in [-0.05, 0) is 11.0 Å².